The lowest BCUT2D eigenvalue weighted by Gasteiger charge is -2.25. The lowest BCUT2D eigenvalue weighted by atomic mass is 10.1. The number of hydrogen-bond donors (Lipinski definition) is 1. The quantitative estimate of drug-likeness (QED) is 0.723. The van der Waals surface area contributed by atoms with Gasteiger partial charge in [0.1, 0.15) is 3.70 Å². The molecule has 2 rings (SSSR count). The van der Waals surface area contributed by atoms with Crippen LogP contribution in [0.5, 0.6) is 0 Å². The predicted octanol–water partition coefficient (Wildman–Crippen LogP) is 0.919. The maximum atomic E-state index is 11.1. The Balaban J connectivity index is 2.25. The number of nitrogens with zero attached hydrogens (tertiary/aromatic N) is 2. The molecule has 1 N–H and O–H groups in total. The van der Waals surface area contributed by atoms with Crippen molar-refractivity contribution in [2.75, 3.05) is 6.54 Å². The summed E-state index contributed by atoms with van der Waals surface area (Å²) in [4.78, 5) is 12.9. The highest BCUT2D eigenvalue weighted by Crippen LogP contribution is 2.20. The van der Waals surface area contributed by atoms with Gasteiger partial charge in [0.05, 0.1) is 12.2 Å². The third-order valence-electron chi connectivity index (χ3n) is 2.33. The molecule has 1 aliphatic rings. The van der Waals surface area contributed by atoms with Crippen LogP contribution in [0.15, 0.2) is 0 Å². The van der Waals surface area contributed by atoms with E-state index in [1.807, 2.05) is 4.90 Å². The van der Waals surface area contributed by atoms with Crippen molar-refractivity contribution in [2.45, 2.75) is 19.9 Å². The Morgan fingerprint density at radius 1 is 1.69 bits per heavy atom. The Morgan fingerprint density at radius 3 is 3.15 bits per heavy atom. The normalized spacial score (nSPS) is 15.7. The van der Waals surface area contributed by atoms with Crippen molar-refractivity contribution >= 4 is 28.5 Å². The molecule has 0 unspecified atom stereocenters. The van der Waals surface area contributed by atoms with Crippen LogP contribution in [-0.4, -0.2) is 27.5 Å². The summed E-state index contributed by atoms with van der Waals surface area (Å²) in [6, 6.07) is 0. The smallest absolute Gasteiger partial charge is 0.219 e. The van der Waals surface area contributed by atoms with Crippen molar-refractivity contribution in [1.29, 1.82) is 0 Å². The van der Waals surface area contributed by atoms with E-state index in [0.717, 1.165) is 22.4 Å². The van der Waals surface area contributed by atoms with Crippen molar-refractivity contribution < 1.29 is 4.79 Å². The minimum Gasteiger partial charge on any atom is -0.337 e. The first-order valence-electron chi connectivity index (χ1n) is 4.15. The molecular formula is C8H10IN3O. The molecular weight excluding hydrogens is 281 g/mol. The van der Waals surface area contributed by atoms with Crippen LogP contribution >= 0.6 is 22.6 Å². The molecule has 0 saturated heterocycles. The molecule has 0 spiro atoms. The molecule has 0 atom stereocenters. The summed E-state index contributed by atoms with van der Waals surface area (Å²) in [6.45, 7) is 3.10. The highest BCUT2D eigenvalue weighted by Gasteiger charge is 2.21. The van der Waals surface area contributed by atoms with E-state index in [9.17, 15) is 4.79 Å². The SMILES string of the molecule is CC(=O)N1CCc2c(I)n[nH]c2C1. The zero-order valence-corrected chi connectivity index (χ0v) is 9.46. The van der Waals surface area contributed by atoms with Gasteiger partial charge in [-0.15, -0.1) is 0 Å². The van der Waals surface area contributed by atoms with Gasteiger partial charge < -0.3 is 4.90 Å². The molecule has 5 heteroatoms. The minimum absolute atomic E-state index is 0.134. The maximum Gasteiger partial charge on any atom is 0.219 e. The van der Waals surface area contributed by atoms with Crippen LogP contribution in [-0.2, 0) is 17.8 Å². The van der Waals surface area contributed by atoms with Gasteiger partial charge >= 0.3 is 0 Å². The Labute approximate surface area is 89.8 Å². The van der Waals surface area contributed by atoms with Crippen LogP contribution in [0.1, 0.15) is 18.2 Å². The van der Waals surface area contributed by atoms with E-state index in [1.165, 1.54) is 5.56 Å². The second-order valence-corrected chi connectivity index (χ2v) is 4.18. The van der Waals surface area contributed by atoms with Crippen molar-refractivity contribution in [1.82, 2.24) is 15.1 Å². The molecule has 0 saturated carbocycles. The second kappa shape index (κ2) is 3.28. The number of H-pyrrole nitrogens is 1. The number of nitrogens with one attached hydrogen (secondary N) is 1. The molecule has 0 radical (unpaired) electrons. The highest BCUT2D eigenvalue weighted by molar-refractivity contribution is 14.1. The number of amides is 1. The van der Waals surface area contributed by atoms with Crippen LogP contribution in [0.25, 0.3) is 0 Å². The average molecular weight is 291 g/mol. The molecule has 1 aromatic rings. The van der Waals surface area contributed by atoms with E-state index >= 15 is 0 Å². The van der Waals surface area contributed by atoms with Crippen LogP contribution in [0.4, 0.5) is 0 Å². The van der Waals surface area contributed by atoms with Crippen molar-refractivity contribution in [3.8, 4) is 0 Å². The molecule has 1 aromatic heterocycles. The lowest BCUT2D eigenvalue weighted by molar-refractivity contribution is -0.129. The first-order chi connectivity index (χ1) is 6.18. The minimum atomic E-state index is 0.134. The van der Waals surface area contributed by atoms with Gasteiger partial charge in [0.15, 0.2) is 0 Å². The van der Waals surface area contributed by atoms with Crippen LogP contribution < -0.4 is 0 Å². The predicted molar refractivity (Wildman–Crippen MR) is 56.1 cm³/mol. The van der Waals surface area contributed by atoms with Gasteiger partial charge in [-0.2, -0.15) is 5.10 Å². The van der Waals surface area contributed by atoms with E-state index in [2.05, 4.69) is 32.8 Å². The Bertz CT molecular complexity index is 347. The third kappa shape index (κ3) is 1.56. The van der Waals surface area contributed by atoms with Crippen LogP contribution in [0.3, 0.4) is 0 Å². The summed E-state index contributed by atoms with van der Waals surface area (Å²) in [5.41, 5.74) is 2.36. The monoisotopic (exact) mass is 291 g/mol. The van der Waals surface area contributed by atoms with Crippen LogP contribution in [0.2, 0.25) is 0 Å². The van der Waals surface area contributed by atoms with E-state index in [-0.39, 0.29) is 5.91 Å². The Hall–Kier alpha value is -0.590. The lowest BCUT2D eigenvalue weighted by Crippen LogP contribution is -2.34. The number of aromatic nitrogens is 2. The van der Waals surface area contributed by atoms with E-state index in [0.29, 0.717) is 6.54 Å². The largest absolute Gasteiger partial charge is 0.337 e. The third-order valence-corrected chi connectivity index (χ3v) is 3.22. The van der Waals surface area contributed by atoms with Crippen molar-refractivity contribution in [2.24, 2.45) is 0 Å². The first-order valence-corrected chi connectivity index (χ1v) is 5.23. The van der Waals surface area contributed by atoms with E-state index in [4.69, 9.17) is 0 Å². The molecule has 4 nitrogen and oxygen atoms in total. The van der Waals surface area contributed by atoms with Gasteiger partial charge in [0, 0.05) is 19.0 Å². The second-order valence-electron chi connectivity index (χ2n) is 3.16. The summed E-state index contributed by atoms with van der Waals surface area (Å²) in [5, 5.41) is 7.08. The topological polar surface area (TPSA) is 49.0 Å². The fourth-order valence-corrected chi connectivity index (χ4v) is 2.26. The molecule has 2 heterocycles. The van der Waals surface area contributed by atoms with Gasteiger partial charge in [-0.3, -0.25) is 9.89 Å². The summed E-state index contributed by atoms with van der Waals surface area (Å²) >= 11 is 2.22. The molecule has 0 bridgehead atoms. The van der Waals surface area contributed by atoms with Gasteiger partial charge in [-0.05, 0) is 29.0 Å². The van der Waals surface area contributed by atoms with E-state index in [1.54, 1.807) is 6.92 Å². The zero-order valence-electron chi connectivity index (χ0n) is 7.30. The van der Waals surface area contributed by atoms with Gasteiger partial charge in [-0.1, -0.05) is 0 Å². The number of rotatable bonds is 0. The summed E-state index contributed by atoms with van der Waals surface area (Å²) < 4.78 is 1.04. The average Bonchev–Trinajstić information content (AvgIpc) is 2.47. The molecule has 1 aliphatic heterocycles. The molecule has 0 aliphatic carbocycles. The molecule has 0 aromatic carbocycles. The fraction of sp³-hybridized carbons (Fsp3) is 0.500. The molecule has 70 valence electrons. The maximum absolute atomic E-state index is 11.1. The van der Waals surface area contributed by atoms with Crippen LogP contribution in [0, 0.1) is 3.70 Å². The number of fused-ring (bicyclic) bond motifs is 1. The molecule has 0 fully saturated rings. The van der Waals surface area contributed by atoms with Gasteiger partial charge in [-0.25, -0.2) is 0 Å². The van der Waals surface area contributed by atoms with Crippen molar-refractivity contribution in [3.05, 3.63) is 15.0 Å². The Morgan fingerprint density at radius 2 is 2.46 bits per heavy atom. The number of hydrogen-bond acceptors (Lipinski definition) is 2. The zero-order chi connectivity index (χ0) is 9.42. The highest BCUT2D eigenvalue weighted by atomic mass is 127. The fourth-order valence-electron chi connectivity index (χ4n) is 1.55. The summed E-state index contributed by atoms with van der Waals surface area (Å²) in [7, 11) is 0. The molecule has 13 heavy (non-hydrogen) atoms. The standard InChI is InChI=1S/C8H10IN3O/c1-5(13)12-3-2-6-7(4-12)10-11-8(6)9/h2-4H2,1H3,(H,10,11). The van der Waals surface area contributed by atoms with Crippen molar-refractivity contribution in [3.63, 3.8) is 0 Å². The number of carbonyl (C=O) groups excluding carboxylic acids is 1. The summed E-state index contributed by atoms with van der Waals surface area (Å²) in [6.07, 6.45) is 0.920. The number of halogens is 1. The Kier molecular flexibility index (Phi) is 2.27. The first kappa shape index (κ1) is 8.98. The number of aromatic amines is 1. The molecule has 1 amide bonds. The van der Waals surface area contributed by atoms with Gasteiger partial charge in [0.2, 0.25) is 5.91 Å². The summed E-state index contributed by atoms with van der Waals surface area (Å²) in [5.74, 6) is 0.134. The number of carbonyl (C=O) groups is 1. The van der Waals surface area contributed by atoms with E-state index < -0.39 is 0 Å². The van der Waals surface area contributed by atoms with Gasteiger partial charge in [0.25, 0.3) is 0 Å².